The molecule has 0 amide bonds. The van der Waals surface area contributed by atoms with Gasteiger partial charge in [-0.1, -0.05) is 50.1 Å². The quantitative estimate of drug-likeness (QED) is 0.503. The Labute approximate surface area is 152 Å². The van der Waals surface area contributed by atoms with Crippen molar-refractivity contribution in [2.24, 2.45) is 0 Å². The largest absolute Gasteiger partial charge is 0.465 e. The van der Waals surface area contributed by atoms with Crippen LogP contribution in [0.3, 0.4) is 0 Å². The highest BCUT2D eigenvalue weighted by Crippen LogP contribution is 2.34. The number of methoxy groups -OCH3 is 1. The second-order valence-corrected chi connectivity index (χ2v) is 6.28. The number of carbonyl (C=O) groups excluding carboxylic acids is 2. The summed E-state index contributed by atoms with van der Waals surface area (Å²) in [6, 6.07) is 11.6. The van der Waals surface area contributed by atoms with Crippen LogP contribution in [0.4, 0.5) is 0 Å². The maximum atomic E-state index is 12.1. The zero-order valence-corrected chi connectivity index (χ0v) is 15.0. The van der Waals surface area contributed by atoms with E-state index in [1.807, 2.05) is 36.4 Å². The molecule has 0 aliphatic carbocycles. The molecule has 3 rings (SSSR count). The zero-order chi connectivity index (χ0) is 18.5. The van der Waals surface area contributed by atoms with Crippen molar-refractivity contribution >= 4 is 23.0 Å². The van der Waals surface area contributed by atoms with E-state index >= 15 is 0 Å². The zero-order valence-electron chi connectivity index (χ0n) is 15.0. The molecule has 26 heavy (non-hydrogen) atoms. The van der Waals surface area contributed by atoms with Gasteiger partial charge in [0, 0.05) is 5.92 Å². The number of nitrogens with one attached hydrogen (secondary N) is 1. The van der Waals surface area contributed by atoms with E-state index in [4.69, 9.17) is 4.74 Å². The summed E-state index contributed by atoms with van der Waals surface area (Å²) in [5, 5.41) is 1.86. The third-order valence-corrected chi connectivity index (χ3v) is 4.66. The average molecular weight is 350 g/mol. The molecule has 0 fully saturated rings. The number of H-pyrrole nitrogens is 1. The van der Waals surface area contributed by atoms with Gasteiger partial charge >= 0.3 is 5.97 Å². The number of imidazole rings is 1. The maximum absolute atomic E-state index is 12.1. The van der Waals surface area contributed by atoms with Crippen LogP contribution in [0.5, 0.6) is 0 Å². The van der Waals surface area contributed by atoms with Gasteiger partial charge in [0.25, 0.3) is 0 Å². The number of hydrogen-bond acceptors (Lipinski definition) is 4. The van der Waals surface area contributed by atoms with Crippen LogP contribution in [-0.2, 0) is 4.74 Å². The Bertz CT molecular complexity index is 930. The molecule has 0 saturated heterocycles. The van der Waals surface area contributed by atoms with Crippen molar-refractivity contribution in [1.82, 2.24) is 9.97 Å². The van der Waals surface area contributed by atoms with Crippen LogP contribution in [0.25, 0.3) is 10.8 Å². The summed E-state index contributed by atoms with van der Waals surface area (Å²) in [7, 11) is 1.39. The van der Waals surface area contributed by atoms with E-state index in [9.17, 15) is 9.59 Å². The number of nitrogens with zero attached hydrogens (tertiary/aromatic N) is 1. The van der Waals surface area contributed by atoms with E-state index in [-0.39, 0.29) is 11.9 Å². The maximum Gasteiger partial charge on any atom is 0.338 e. The molecule has 0 spiro atoms. The molecule has 5 nitrogen and oxygen atoms in total. The summed E-state index contributed by atoms with van der Waals surface area (Å²) in [5.41, 5.74) is 2.11. The van der Waals surface area contributed by atoms with Gasteiger partial charge in [0.2, 0.25) is 0 Å². The molecule has 0 aliphatic heterocycles. The molecule has 5 heteroatoms. The average Bonchev–Trinajstić information content (AvgIpc) is 3.16. The number of carbonyl (C=O) groups is 2. The molecule has 1 aromatic heterocycles. The molecular weight excluding hydrogens is 328 g/mol. The molecule has 0 saturated carbocycles. The van der Waals surface area contributed by atoms with Gasteiger partial charge in [-0.25, -0.2) is 9.78 Å². The summed E-state index contributed by atoms with van der Waals surface area (Å²) in [6.45, 7) is 2.15. The molecule has 0 bridgehead atoms. The van der Waals surface area contributed by atoms with Crippen LogP contribution in [0.2, 0.25) is 0 Å². The number of aromatic nitrogens is 2. The van der Waals surface area contributed by atoms with E-state index in [0.717, 1.165) is 47.7 Å². The lowest BCUT2D eigenvalue weighted by Crippen LogP contribution is -2.07. The van der Waals surface area contributed by atoms with E-state index < -0.39 is 0 Å². The summed E-state index contributed by atoms with van der Waals surface area (Å²) in [6.07, 6.45) is 5.34. The fourth-order valence-electron chi connectivity index (χ4n) is 3.35. The number of aldehydes is 1. The summed E-state index contributed by atoms with van der Waals surface area (Å²) in [5.74, 6) is 0.455. The Morgan fingerprint density at radius 1 is 1.23 bits per heavy atom. The number of unbranched alkanes of at least 4 members (excludes halogenated alkanes) is 1. The Kier molecular flexibility index (Phi) is 5.46. The molecule has 1 unspecified atom stereocenters. The van der Waals surface area contributed by atoms with Crippen LogP contribution in [-0.4, -0.2) is 29.3 Å². The minimum absolute atomic E-state index is 0.0280. The van der Waals surface area contributed by atoms with Crippen molar-refractivity contribution in [3.63, 3.8) is 0 Å². The number of benzene rings is 2. The van der Waals surface area contributed by atoms with Gasteiger partial charge in [0.1, 0.15) is 5.82 Å². The van der Waals surface area contributed by atoms with Crippen molar-refractivity contribution in [3.05, 3.63) is 65.2 Å². The predicted molar refractivity (Wildman–Crippen MR) is 101 cm³/mol. The Morgan fingerprint density at radius 3 is 2.65 bits per heavy atom. The number of hydrogen-bond donors (Lipinski definition) is 1. The molecule has 0 aliphatic rings. The third-order valence-electron chi connectivity index (χ3n) is 4.66. The molecule has 3 aromatic rings. The minimum Gasteiger partial charge on any atom is -0.465 e. The molecule has 1 N–H and O–H groups in total. The van der Waals surface area contributed by atoms with Gasteiger partial charge in [-0.3, -0.25) is 4.79 Å². The smallest absolute Gasteiger partial charge is 0.338 e. The second-order valence-electron chi connectivity index (χ2n) is 6.28. The Hall–Kier alpha value is -2.95. The normalized spacial score (nSPS) is 12.1. The highest BCUT2D eigenvalue weighted by atomic mass is 16.5. The van der Waals surface area contributed by atoms with Gasteiger partial charge in [-0.2, -0.15) is 0 Å². The van der Waals surface area contributed by atoms with E-state index in [1.54, 1.807) is 6.20 Å². The van der Waals surface area contributed by atoms with Crippen molar-refractivity contribution < 1.29 is 14.3 Å². The summed E-state index contributed by atoms with van der Waals surface area (Å²) < 4.78 is 4.92. The fourth-order valence-corrected chi connectivity index (χ4v) is 3.35. The van der Waals surface area contributed by atoms with Crippen LogP contribution in [0, 0.1) is 0 Å². The van der Waals surface area contributed by atoms with Crippen LogP contribution in [0.15, 0.2) is 42.6 Å². The summed E-state index contributed by atoms with van der Waals surface area (Å²) in [4.78, 5) is 30.7. The number of fused-ring (bicyclic) bond motifs is 1. The SMILES string of the molecule is CCCCC(c1ncc(C=O)[nH]1)c1ccc(C(=O)OC)c2ccccc12. The second kappa shape index (κ2) is 7.95. The summed E-state index contributed by atoms with van der Waals surface area (Å²) >= 11 is 0. The number of aromatic amines is 1. The molecular formula is C21H22N2O3. The van der Waals surface area contributed by atoms with Crippen LogP contribution >= 0.6 is 0 Å². The molecule has 1 heterocycles. The van der Waals surface area contributed by atoms with Crippen molar-refractivity contribution in [3.8, 4) is 0 Å². The van der Waals surface area contributed by atoms with Crippen LogP contribution in [0.1, 0.15) is 64.3 Å². The van der Waals surface area contributed by atoms with Gasteiger partial charge in [-0.15, -0.1) is 0 Å². The van der Waals surface area contributed by atoms with Crippen molar-refractivity contribution in [2.75, 3.05) is 7.11 Å². The third kappa shape index (κ3) is 3.38. The molecule has 2 aromatic carbocycles. The van der Waals surface area contributed by atoms with E-state index in [2.05, 4.69) is 16.9 Å². The fraction of sp³-hybridized carbons (Fsp3) is 0.286. The Balaban J connectivity index is 2.16. The molecule has 0 radical (unpaired) electrons. The number of rotatable bonds is 7. The highest BCUT2D eigenvalue weighted by Gasteiger charge is 2.21. The monoisotopic (exact) mass is 350 g/mol. The van der Waals surface area contributed by atoms with Gasteiger partial charge < -0.3 is 9.72 Å². The lowest BCUT2D eigenvalue weighted by Gasteiger charge is -2.18. The van der Waals surface area contributed by atoms with Gasteiger partial charge in [0.05, 0.1) is 24.6 Å². The Morgan fingerprint density at radius 2 is 2.00 bits per heavy atom. The van der Waals surface area contributed by atoms with Crippen molar-refractivity contribution in [2.45, 2.75) is 32.1 Å². The first-order valence-electron chi connectivity index (χ1n) is 8.79. The van der Waals surface area contributed by atoms with Gasteiger partial charge in [-0.05, 0) is 28.8 Å². The topological polar surface area (TPSA) is 72.0 Å². The van der Waals surface area contributed by atoms with Crippen LogP contribution < -0.4 is 0 Å². The van der Waals surface area contributed by atoms with Crippen molar-refractivity contribution in [1.29, 1.82) is 0 Å². The number of esters is 1. The molecule has 1 atom stereocenters. The minimum atomic E-state index is -0.348. The van der Waals surface area contributed by atoms with E-state index in [1.165, 1.54) is 7.11 Å². The first kappa shape index (κ1) is 17.9. The van der Waals surface area contributed by atoms with E-state index in [0.29, 0.717) is 11.3 Å². The highest BCUT2D eigenvalue weighted by molar-refractivity contribution is 6.05. The lowest BCUT2D eigenvalue weighted by molar-refractivity contribution is 0.0603. The predicted octanol–water partition coefficient (Wildman–Crippen LogP) is 4.48. The number of ether oxygens (including phenoxy) is 1. The lowest BCUT2D eigenvalue weighted by atomic mass is 9.87. The molecule has 134 valence electrons. The standard InChI is InChI=1S/C21H22N2O3/c1-3-4-7-18(20-22-12-14(13-24)23-20)17-10-11-19(21(25)26-2)16-9-6-5-8-15(16)17/h5-6,8-13,18H,3-4,7H2,1-2H3,(H,22,23). The van der Waals surface area contributed by atoms with Gasteiger partial charge in [0.15, 0.2) is 6.29 Å². The first-order chi connectivity index (χ1) is 12.7. The first-order valence-corrected chi connectivity index (χ1v) is 8.79.